The molecule has 162 valence electrons. The fourth-order valence-corrected chi connectivity index (χ4v) is 8.50. The predicted molar refractivity (Wildman–Crippen MR) is 130 cm³/mol. The topological polar surface area (TPSA) is 0 Å². The Hall–Kier alpha value is -2.26. The zero-order valence-electron chi connectivity index (χ0n) is 18.4. The van der Waals surface area contributed by atoms with Crippen LogP contribution in [0.3, 0.4) is 0 Å². The lowest BCUT2D eigenvalue weighted by molar-refractivity contribution is 0.432. The molecule has 0 saturated carbocycles. The molecule has 0 atom stereocenters. The first-order valence-electron chi connectivity index (χ1n) is 11.8. The molecule has 3 heteroatoms. The lowest BCUT2D eigenvalue weighted by Crippen LogP contribution is -2.21. The third kappa shape index (κ3) is 5.71. The fraction of sp³-hybridized carbons (Fsp3) is 0.357. The molecular weight excluding hydrogens is 402 g/mol. The normalized spacial score (nSPS) is 18.8. The van der Waals surface area contributed by atoms with Gasteiger partial charge < -0.3 is 0 Å². The predicted octanol–water partition coefficient (Wildman–Crippen LogP) is 8.28. The number of benzene rings is 3. The molecule has 0 unspecified atom stereocenters. The highest BCUT2D eigenvalue weighted by molar-refractivity contribution is 6.59. The van der Waals surface area contributed by atoms with Gasteiger partial charge in [-0.25, -0.2) is 8.78 Å². The standard InChI is InChI=1S/C28H32F2Si/c1-2-3-21-14-17-31(18-15-21)19-16-22-4-6-23(7-5-22)25-10-13-27(28(30)20-25)24-8-11-26(29)12-9-24/h4-13,20-21,31H,2-3,14-19H2,1H3. The Bertz CT molecular complexity index is 971. The van der Waals surface area contributed by atoms with E-state index in [2.05, 4.69) is 31.2 Å². The molecule has 0 amide bonds. The molecule has 0 nitrogen and oxygen atoms in total. The Morgan fingerprint density at radius 1 is 0.806 bits per heavy atom. The highest BCUT2D eigenvalue weighted by Gasteiger charge is 2.21. The van der Waals surface area contributed by atoms with Crippen molar-refractivity contribution in [3.8, 4) is 22.3 Å². The fourth-order valence-electron chi connectivity index (χ4n) is 5.01. The first-order chi connectivity index (χ1) is 15.1. The van der Waals surface area contributed by atoms with Crippen LogP contribution in [-0.2, 0) is 6.42 Å². The van der Waals surface area contributed by atoms with E-state index in [4.69, 9.17) is 0 Å². The molecule has 1 saturated heterocycles. The molecule has 3 aromatic carbocycles. The first kappa shape index (κ1) is 21.9. The molecule has 0 spiro atoms. The van der Waals surface area contributed by atoms with E-state index in [9.17, 15) is 8.78 Å². The van der Waals surface area contributed by atoms with Gasteiger partial charge >= 0.3 is 0 Å². The highest BCUT2D eigenvalue weighted by atomic mass is 28.3. The van der Waals surface area contributed by atoms with E-state index in [1.807, 2.05) is 6.07 Å². The second kappa shape index (κ2) is 10.4. The van der Waals surface area contributed by atoms with E-state index < -0.39 is 8.80 Å². The SMILES string of the molecule is CCCC1CC[SiH](CCc2ccc(-c3ccc(-c4ccc(F)cc4)c(F)c3)cc2)CC1. The summed E-state index contributed by atoms with van der Waals surface area (Å²) in [5, 5.41) is 0. The van der Waals surface area contributed by atoms with Crippen LogP contribution in [0.4, 0.5) is 8.78 Å². The van der Waals surface area contributed by atoms with E-state index >= 15 is 0 Å². The van der Waals surface area contributed by atoms with Crippen LogP contribution >= 0.6 is 0 Å². The Balaban J connectivity index is 1.36. The first-order valence-corrected chi connectivity index (χ1v) is 14.2. The van der Waals surface area contributed by atoms with E-state index in [1.54, 1.807) is 24.3 Å². The van der Waals surface area contributed by atoms with Crippen molar-refractivity contribution in [1.29, 1.82) is 0 Å². The van der Waals surface area contributed by atoms with E-state index in [0.717, 1.165) is 17.0 Å². The molecule has 0 N–H and O–H groups in total. The van der Waals surface area contributed by atoms with Crippen molar-refractivity contribution in [2.45, 2.75) is 57.2 Å². The Kier molecular flexibility index (Phi) is 7.34. The van der Waals surface area contributed by atoms with Crippen LogP contribution in [-0.4, -0.2) is 8.80 Å². The van der Waals surface area contributed by atoms with Crippen molar-refractivity contribution < 1.29 is 8.78 Å². The van der Waals surface area contributed by atoms with Gasteiger partial charge in [0.05, 0.1) is 0 Å². The number of rotatable bonds is 7. The molecule has 1 aliphatic heterocycles. The molecule has 1 heterocycles. The van der Waals surface area contributed by atoms with Crippen LogP contribution in [0.25, 0.3) is 22.3 Å². The van der Waals surface area contributed by atoms with Crippen molar-refractivity contribution >= 4 is 8.80 Å². The number of hydrogen-bond donors (Lipinski definition) is 0. The summed E-state index contributed by atoms with van der Waals surface area (Å²) in [6.45, 7) is 2.31. The van der Waals surface area contributed by atoms with Crippen LogP contribution in [0.15, 0.2) is 66.7 Å². The largest absolute Gasteiger partial charge is 0.207 e. The summed E-state index contributed by atoms with van der Waals surface area (Å²) in [7, 11) is -0.550. The highest BCUT2D eigenvalue weighted by Crippen LogP contribution is 2.31. The van der Waals surface area contributed by atoms with Gasteiger partial charge in [0.15, 0.2) is 0 Å². The van der Waals surface area contributed by atoms with Crippen LogP contribution in [0.1, 0.15) is 38.2 Å². The summed E-state index contributed by atoms with van der Waals surface area (Å²) >= 11 is 0. The van der Waals surface area contributed by atoms with Gasteiger partial charge in [-0.2, -0.15) is 0 Å². The average molecular weight is 435 g/mol. The van der Waals surface area contributed by atoms with Crippen molar-refractivity contribution in [3.63, 3.8) is 0 Å². The lowest BCUT2D eigenvalue weighted by Gasteiger charge is -2.27. The summed E-state index contributed by atoms with van der Waals surface area (Å²) in [5.74, 6) is 0.411. The maximum atomic E-state index is 14.7. The van der Waals surface area contributed by atoms with Crippen LogP contribution in [0, 0.1) is 17.6 Å². The molecule has 1 fully saturated rings. The van der Waals surface area contributed by atoms with E-state index in [0.29, 0.717) is 11.1 Å². The van der Waals surface area contributed by atoms with Crippen LogP contribution in [0.2, 0.25) is 18.1 Å². The molecule has 4 rings (SSSR count). The zero-order valence-corrected chi connectivity index (χ0v) is 19.6. The number of halogens is 2. The summed E-state index contributed by atoms with van der Waals surface area (Å²) in [6, 6.07) is 24.4. The molecule has 1 aliphatic rings. The van der Waals surface area contributed by atoms with Gasteiger partial charge in [-0.05, 0) is 52.8 Å². The minimum Gasteiger partial charge on any atom is -0.207 e. The van der Waals surface area contributed by atoms with Gasteiger partial charge in [-0.15, -0.1) is 0 Å². The molecule has 0 aromatic heterocycles. The Labute approximate surface area is 186 Å². The maximum Gasteiger partial charge on any atom is 0.131 e. The van der Waals surface area contributed by atoms with Gasteiger partial charge in [-0.3, -0.25) is 0 Å². The summed E-state index contributed by atoms with van der Waals surface area (Å²) < 4.78 is 27.8. The van der Waals surface area contributed by atoms with Gasteiger partial charge in [0.1, 0.15) is 11.6 Å². The van der Waals surface area contributed by atoms with Crippen LogP contribution < -0.4 is 0 Å². The monoisotopic (exact) mass is 434 g/mol. The molecule has 0 radical (unpaired) electrons. The maximum absolute atomic E-state index is 14.7. The van der Waals surface area contributed by atoms with Crippen molar-refractivity contribution in [3.05, 3.63) is 83.9 Å². The van der Waals surface area contributed by atoms with Crippen molar-refractivity contribution in [1.82, 2.24) is 0 Å². The zero-order chi connectivity index (χ0) is 21.6. The summed E-state index contributed by atoms with van der Waals surface area (Å²) in [6.07, 6.45) is 6.90. The minimum atomic E-state index is -0.550. The second-order valence-electron chi connectivity index (χ2n) is 9.11. The number of aryl methyl sites for hydroxylation is 1. The van der Waals surface area contributed by atoms with Gasteiger partial charge in [0.2, 0.25) is 0 Å². The van der Waals surface area contributed by atoms with Crippen molar-refractivity contribution in [2.75, 3.05) is 0 Å². The van der Waals surface area contributed by atoms with E-state index in [1.165, 1.54) is 67.9 Å². The van der Waals surface area contributed by atoms with E-state index in [-0.39, 0.29) is 11.6 Å². The molecular formula is C28H32F2Si. The van der Waals surface area contributed by atoms with Crippen molar-refractivity contribution in [2.24, 2.45) is 5.92 Å². The quantitative estimate of drug-likeness (QED) is 0.328. The number of hydrogen-bond acceptors (Lipinski definition) is 0. The van der Waals surface area contributed by atoms with Gasteiger partial charge in [0, 0.05) is 14.4 Å². The summed E-state index contributed by atoms with van der Waals surface area (Å²) in [4.78, 5) is 0. The molecule has 0 aliphatic carbocycles. The third-order valence-corrected chi connectivity index (χ3v) is 10.3. The van der Waals surface area contributed by atoms with Gasteiger partial charge in [0.25, 0.3) is 0 Å². The smallest absolute Gasteiger partial charge is 0.131 e. The molecule has 0 bridgehead atoms. The van der Waals surface area contributed by atoms with Crippen LogP contribution in [0.5, 0.6) is 0 Å². The summed E-state index contributed by atoms with van der Waals surface area (Å²) in [5.41, 5.74) is 4.49. The Morgan fingerprint density at radius 3 is 2.10 bits per heavy atom. The average Bonchev–Trinajstić information content (AvgIpc) is 2.80. The third-order valence-electron chi connectivity index (χ3n) is 6.92. The van der Waals surface area contributed by atoms with Gasteiger partial charge in [-0.1, -0.05) is 99.3 Å². The molecule has 31 heavy (non-hydrogen) atoms. The second-order valence-corrected chi connectivity index (χ2v) is 12.6. The lowest BCUT2D eigenvalue weighted by atomic mass is 9.97. The Morgan fingerprint density at radius 2 is 1.45 bits per heavy atom. The molecule has 3 aromatic rings. The minimum absolute atomic E-state index is 0.280.